The number of nitrogens with zero attached hydrogens (tertiary/aromatic N) is 7. The summed E-state index contributed by atoms with van der Waals surface area (Å²) in [6.45, 7) is 3.30. The maximum Gasteiger partial charge on any atom is 0.339 e. The summed E-state index contributed by atoms with van der Waals surface area (Å²) in [4.78, 5) is 21.6. The Morgan fingerprint density at radius 2 is 1.32 bits per heavy atom. The summed E-state index contributed by atoms with van der Waals surface area (Å²) in [6.07, 6.45) is 10.2. The van der Waals surface area contributed by atoms with Crippen molar-refractivity contribution in [3.05, 3.63) is 122 Å². The molecule has 1 saturated heterocycles. The Hall–Kier alpha value is -5.02. The summed E-state index contributed by atoms with van der Waals surface area (Å²) in [5.41, 5.74) is 0.830. The van der Waals surface area contributed by atoms with Gasteiger partial charge in [-0.15, -0.1) is 0 Å². The van der Waals surface area contributed by atoms with Crippen LogP contribution < -0.4 is 9.08 Å². The van der Waals surface area contributed by atoms with E-state index < -0.39 is 26.2 Å². The molecule has 1 aliphatic rings. The number of pyridine rings is 2. The Balaban J connectivity index is 1.13. The van der Waals surface area contributed by atoms with E-state index in [2.05, 4.69) is 29.7 Å². The largest absolute Gasteiger partial charge is 0.379 e. The van der Waals surface area contributed by atoms with Crippen LogP contribution in [0.5, 0.6) is 5.75 Å². The van der Waals surface area contributed by atoms with E-state index in [-0.39, 0.29) is 15.5 Å². The van der Waals surface area contributed by atoms with E-state index in [0.29, 0.717) is 61.3 Å². The van der Waals surface area contributed by atoms with Crippen LogP contribution in [0.4, 0.5) is 5.95 Å². The third-order valence-corrected chi connectivity index (χ3v) is 12.3. The fourth-order valence-corrected chi connectivity index (χ4v) is 9.01. The van der Waals surface area contributed by atoms with E-state index in [9.17, 15) is 16.8 Å². The van der Waals surface area contributed by atoms with Crippen LogP contribution in [0.25, 0.3) is 21.5 Å². The molecule has 14 heteroatoms. The van der Waals surface area contributed by atoms with Gasteiger partial charge in [0.15, 0.2) is 0 Å². The Morgan fingerprint density at radius 1 is 0.720 bits per heavy atom. The van der Waals surface area contributed by atoms with Crippen LogP contribution in [0.15, 0.2) is 126 Å². The van der Waals surface area contributed by atoms with E-state index in [1.165, 1.54) is 10.4 Å². The summed E-state index contributed by atoms with van der Waals surface area (Å²) < 4.78 is 62.1. The minimum Gasteiger partial charge on any atom is -0.379 e. The van der Waals surface area contributed by atoms with Crippen molar-refractivity contribution in [3.63, 3.8) is 0 Å². The van der Waals surface area contributed by atoms with Crippen LogP contribution in [0.3, 0.4) is 0 Å². The molecule has 1 fully saturated rings. The zero-order chi connectivity index (χ0) is 34.7. The molecule has 3 aromatic carbocycles. The van der Waals surface area contributed by atoms with E-state index in [1.54, 1.807) is 111 Å². The van der Waals surface area contributed by atoms with Crippen molar-refractivity contribution in [2.24, 2.45) is 0 Å². The normalized spacial score (nSPS) is 15.0. The number of benzene rings is 3. The molecule has 6 aromatic rings. The van der Waals surface area contributed by atoms with Crippen LogP contribution in [-0.4, -0.2) is 91.8 Å². The number of sulfonamides is 1. The third kappa shape index (κ3) is 7.01. The summed E-state index contributed by atoms with van der Waals surface area (Å²) in [7, 11) is -6.45. The summed E-state index contributed by atoms with van der Waals surface area (Å²) in [5, 5.41) is 2.55. The second kappa shape index (κ2) is 14.1. The Labute approximate surface area is 291 Å². The highest BCUT2D eigenvalue weighted by atomic mass is 32.2. The first-order valence-corrected chi connectivity index (χ1v) is 19.0. The van der Waals surface area contributed by atoms with E-state index >= 15 is 0 Å². The van der Waals surface area contributed by atoms with Gasteiger partial charge in [0.1, 0.15) is 10.6 Å². The van der Waals surface area contributed by atoms with Crippen LogP contribution in [0, 0.1) is 0 Å². The molecule has 0 amide bonds. The first-order chi connectivity index (χ1) is 24.2. The molecule has 1 atom stereocenters. The number of likely N-dealkylation sites (N-methyl/N-ethyl adjacent to an activating group) is 1. The van der Waals surface area contributed by atoms with Gasteiger partial charge in [0.05, 0.1) is 4.90 Å². The zero-order valence-corrected chi connectivity index (χ0v) is 28.9. The van der Waals surface area contributed by atoms with E-state index in [0.717, 1.165) is 10.9 Å². The first-order valence-electron chi connectivity index (χ1n) is 16.1. The Kier molecular flexibility index (Phi) is 9.42. The molecular formula is C36H35N7O5S2. The predicted molar refractivity (Wildman–Crippen MR) is 191 cm³/mol. The third-order valence-electron chi connectivity index (χ3n) is 9.00. The molecule has 0 radical (unpaired) electrons. The number of fused-ring (bicyclic) bond motifs is 2. The van der Waals surface area contributed by atoms with Gasteiger partial charge in [-0.2, -0.15) is 12.7 Å². The second-order valence-electron chi connectivity index (χ2n) is 12.1. The minimum absolute atomic E-state index is 0.0523. The standard InChI is InChI=1S/C36H35N7O5S2/c1-41(49(44,45)34-7-2-5-28-24-37-17-13-32(28)34)30(26-42-19-21-43(22-20-42)36-39-15-4-16-40-36)23-27-9-11-31(12-10-27)48-50(46,47)35-8-3-6-29-25-38-18-14-33(29)35/h2-18,24-25,30H,19-23,26H2,1H3. The Bertz CT molecular complexity index is 2330. The molecule has 0 saturated carbocycles. The smallest absolute Gasteiger partial charge is 0.339 e. The van der Waals surface area contributed by atoms with Crippen LogP contribution >= 0.6 is 0 Å². The topological polar surface area (TPSA) is 139 Å². The van der Waals surface area contributed by atoms with Gasteiger partial charge >= 0.3 is 10.1 Å². The molecule has 0 spiro atoms. The molecule has 4 heterocycles. The highest BCUT2D eigenvalue weighted by molar-refractivity contribution is 7.89. The highest BCUT2D eigenvalue weighted by Gasteiger charge is 2.32. The lowest BCUT2D eigenvalue weighted by molar-refractivity contribution is 0.200. The molecular weight excluding hydrogens is 675 g/mol. The van der Waals surface area contributed by atoms with E-state index in [1.807, 2.05) is 6.07 Å². The number of hydrogen-bond donors (Lipinski definition) is 0. The molecule has 7 rings (SSSR count). The number of piperazine rings is 1. The number of hydrogen-bond acceptors (Lipinski definition) is 11. The predicted octanol–water partition coefficient (Wildman–Crippen LogP) is 4.39. The molecule has 0 aliphatic carbocycles. The monoisotopic (exact) mass is 709 g/mol. The molecule has 0 N–H and O–H groups in total. The van der Waals surface area contributed by atoms with Gasteiger partial charge in [0, 0.05) is 105 Å². The highest BCUT2D eigenvalue weighted by Crippen LogP contribution is 2.29. The van der Waals surface area contributed by atoms with Gasteiger partial charge < -0.3 is 9.08 Å². The van der Waals surface area contributed by atoms with Gasteiger partial charge in [-0.25, -0.2) is 18.4 Å². The van der Waals surface area contributed by atoms with Gasteiger partial charge in [-0.1, -0.05) is 36.4 Å². The molecule has 12 nitrogen and oxygen atoms in total. The fourth-order valence-electron chi connectivity index (χ4n) is 6.30. The Morgan fingerprint density at radius 3 is 1.96 bits per heavy atom. The maximum atomic E-state index is 14.3. The van der Waals surface area contributed by atoms with Crippen LogP contribution in [0.1, 0.15) is 5.56 Å². The quantitative estimate of drug-likeness (QED) is 0.177. The maximum absolute atomic E-state index is 14.3. The van der Waals surface area contributed by atoms with Gasteiger partial charge in [0.25, 0.3) is 0 Å². The van der Waals surface area contributed by atoms with Crippen LogP contribution in [0.2, 0.25) is 0 Å². The van der Waals surface area contributed by atoms with Crippen molar-refractivity contribution in [1.29, 1.82) is 0 Å². The van der Waals surface area contributed by atoms with Gasteiger partial charge in [0.2, 0.25) is 16.0 Å². The van der Waals surface area contributed by atoms with E-state index in [4.69, 9.17) is 4.18 Å². The molecule has 0 bridgehead atoms. The van der Waals surface area contributed by atoms with Crippen LogP contribution in [-0.2, 0) is 26.6 Å². The average molecular weight is 710 g/mol. The number of anilines is 1. The number of aromatic nitrogens is 4. The van der Waals surface area contributed by atoms with Crippen molar-refractivity contribution in [3.8, 4) is 5.75 Å². The zero-order valence-electron chi connectivity index (χ0n) is 27.3. The molecule has 1 unspecified atom stereocenters. The van der Waals surface area contributed by atoms with Crippen molar-refractivity contribution in [2.75, 3.05) is 44.7 Å². The van der Waals surface area contributed by atoms with Crippen molar-refractivity contribution in [1.82, 2.24) is 29.1 Å². The summed E-state index contributed by atoms with van der Waals surface area (Å²) in [6, 6.07) is 21.6. The lowest BCUT2D eigenvalue weighted by Crippen LogP contribution is -2.52. The molecule has 3 aromatic heterocycles. The van der Waals surface area contributed by atoms with Crippen molar-refractivity contribution < 1.29 is 21.0 Å². The molecule has 50 heavy (non-hydrogen) atoms. The lowest BCUT2D eigenvalue weighted by atomic mass is 10.0. The average Bonchev–Trinajstić information content (AvgIpc) is 3.15. The van der Waals surface area contributed by atoms with Crippen molar-refractivity contribution >= 4 is 47.6 Å². The summed E-state index contributed by atoms with van der Waals surface area (Å²) >= 11 is 0. The summed E-state index contributed by atoms with van der Waals surface area (Å²) in [5.74, 6) is 0.830. The first kappa shape index (κ1) is 33.5. The van der Waals surface area contributed by atoms with Gasteiger partial charge in [-0.3, -0.25) is 14.9 Å². The lowest BCUT2D eigenvalue weighted by Gasteiger charge is -2.38. The second-order valence-corrected chi connectivity index (χ2v) is 15.6. The van der Waals surface area contributed by atoms with Gasteiger partial charge in [-0.05, 0) is 54.4 Å². The molecule has 256 valence electrons. The fraction of sp³-hybridized carbons (Fsp3) is 0.222. The molecule has 1 aliphatic heterocycles. The number of rotatable bonds is 11. The SMILES string of the molecule is CN(C(Cc1ccc(OS(=O)(=O)c2cccc3cnccc23)cc1)CN1CCN(c2ncccn2)CC1)S(=O)(=O)c1cccc2cnccc12. The van der Waals surface area contributed by atoms with Crippen molar-refractivity contribution in [2.45, 2.75) is 22.3 Å². The minimum atomic E-state index is -4.14.